The summed E-state index contributed by atoms with van der Waals surface area (Å²) in [6.45, 7) is 5.44. The lowest BCUT2D eigenvalue weighted by Gasteiger charge is -2.24. The zero-order valence-corrected chi connectivity index (χ0v) is 26.7. The second kappa shape index (κ2) is 13.0. The molecule has 12 heteroatoms. The summed E-state index contributed by atoms with van der Waals surface area (Å²) in [4.78, 5) is 43.3. The number of benzene rings is 3. The average molecular weight is 679 g/mol. The van der Waals surface area contributed by atoms with Crippen molar-refractivity contribution in [3.63, 3.8) is 0 Å². The highest BCUT2D eigenvalue weighted by atomic mass is 79.9. The summed E-state index contributed by atoms with van der Waals surface area (Å²) in [5, 5.41) is 11.8. The van der Waals surface area contributed by atoms with Gasteiger partial charge in [-0.1, -0.05) is 57.6 Å². The van der Waals surface area contributed by atoms with Gasteiger partial charge in [-0.15, -0.1) is 0 Å². The molecule has 5 rings (SSSR count). The topological polar surface area (TPSA) is 122 Å². The van der Waals surface area contributed by atoms with Gasteiger partial charge in [0.25, 0.3) is 11.2 Å². The Morgan fingerprint density at radius 3 is 2.55 bits per heavy atom. The van der Waals surface area contributed by atoms with Gasteiger partial charge in [-0.2, -0.15) is 0 Å². The van der Waals surface area contributed by atoms with E-state index >= 15 is 0 Å². The molecule has 0 saturated heterocycles. The molecule has 10 nitrogen and oxygen atoms in total. The summed E-state index contributed by atoms with van der Waals surface area (Å²) < 4.78 is 19.6. The van der Waals surface area contributed by atoms with Crippen LogP contribution in [0.4, 0.5) is 5.69 Å². The van der Waals surface area contributed by atoms with E-state index in [9.17, 15) is 19.7 Å². The number of aryl methyl sites for hydroxylation is 1. The molecule has 1 atom stereocenters. The van der Waals surface area contributed by atoms with Crippen LogP contribution in [0.1, 0.15) is 42.1 Å². The van der Waals surface area contributed by atoms with Crippen molar-refractivity contribution < 1.29 is 23.9 Å². The molecule has 226 valence electrons. The molecule has 0 bridgehead atoms. The number of nitro benzene ring substituents is 1. The highest BCUT2D eigenvalue weighted by Gasteiger charge is 2.34. The predicted molar refractivity (Wildman–Crippen MR) is 170 cm³/mol. The Morgan fingerprint density at radius 1 is 1.11 bits per heavy atom. The van der Waals surface area contributed by atoms with Crippen LogP contribution in [0.3, 0.4) is 0 Å². The Kier molecular flexibility index (Phi) is 9.12. The van der Waals surface area contributed by atoms with E-state index < -0.39 is 22.5 Å². The molecule has 0 fully saturated rings. The first-order chi connectivity index (χ1) is 21.1. The van der Waals surface area contributed by atoms with E-state index in [-0.39, 0.29) is 17.9 Å². The summed E-state index contributed by atoms with van der Waals surface area (Å²) in [7, 11) is 1.54. The van der Waals surface area contributed by atoms with E-state index in [0.717, 1.165) is 21.4 Å². The molecule has 0 unspecified atom stereocenters. The number of thiazole rings is 1. The Labute approximate surface area is 264 Å². The van der Waals surface area contributed by atoms with Crippen LogP contribution in [-0.4, -0.2) is 29.2 Å². The smallest absolute Gasteiger partial charge is 0.338 e. The van der Waals surface area contributed by atoms with Crippen molar-refractivity contribution in [2.24, 2.45) is 4.99 Å². The number of rotatable bonds is 9. The maximum absolute atomic E-state index is 13.9. The van der Waals surface area contributed by atoms with Crippen LogP contribution < -0.4 is 24.4 Å². The number of esters is 1. The van der Waals surface area contributed by atoms with Gasteiger partial charge in [0.05, 0.1) is 40.5 Å². The van der Waals surface area contributed by atoms with Gasteiger partial charge >= 0.3 is 5.97 Å². The Morgan fingerprint density at radius 2 is 1.86 bits per heavy atom. The standard InChI is InChI=1S/C32H28BrN3O7S/c1-5-42-31(38)28-19(3)34-32-35(29(28)22-10-6-18(2)24(16-22)36(39)40)30(37)27(44-32)15-21-9-13-25(26(14-21)41-4)43-17-20-7-11-23(33)12-8-20/h6-16,29H,5,17H2,1-4H3/b27-15+/t29-/m0/s1. The van der Waals surface area contributed by atoms with Crippen LogP contribution in [0, 0.1) is 17.0 Å². The number of aromatic nitrogens is 1. The summed E-state index contributed by atoms with van der Waals surface area (Å²) >= 11 is 4.58. The fourth-order valence-corrected chi connectivity index (χ4v) is 6.20. The number of carbonyl (C=O) groups excluding carboxylic acids is 1. The normalized spacial score (nSPS) is 14.6. The fourth-order valence-electron chi connectivity index (χ4n) is 4.89. The van der Waals surface area contributed by atoms with E-state index in [0.29, 0.717) is 49.8 Å². The third-order valence-electron chi connectivity index (χ3n) is 7.06. The van der Waals surface area contributed by atoms with E-state index in [1.807, 2.05) is 30.3 Å². The SMILES string of the molecule is CCOC(=O)C1=C(C)N=c2s/c(=C/c3ccc(OCc4ccc(Br)cc4)c(OC)c3)c(=O)n2[C@H]1c1ccc(C)c([N+](=O)[O-])c1. The van der Waals surface area contributed by atoms with Gasteiger partial charge in [0.1, 0.15) is 6.61 Å². The van der Waals surface area contributed by atoms with Crippen LogP contribution >= 0.6 is 27.3 Å². The summed E-state index contributed by atoms with van der Waals surface area (Å²) in [6, 6.07) is 16.9. The first-order valence-corrected chi connectivity index (χ1v) is 15.2. The second-order valence-corrected chi connectivity index (χ2v) is 11.9. The minimum atomic E-state index is -0.962. The number of methoxy groups -OCH3 is 1. The molecule has 1 aromatic heterocycles. The maximum atomic E-state index is 13.9. The van der Waals surface area contributed by atoms with Gasteiger partial charge in [-0.3, -0.25) is 19.5 Å². The lowest BCUT2D eigenvalue weighted by molar-refractivity contribution is -0.385. The molecule has 0 aliphatic carbocycles. The fraction of sp³-hybridized carbons (Fsp3) is 0.219. The Bertz CT molecular complexity index is 1980. The lowest BCUT2D eigenvalue weighted by Crippen LogP contribution is -2.40. The van der Waals surface area contributed by atoms with E-state index in [4.69, 9.17) is 14.2 Å². The highest BCUT2D eigenvalue weighted by molar-refractivity contribution is 9.10. The van der Waals surface area contributed by atoms with Crippen LogP contribution in [0.5, 0.6) is 11.5 Å². The molecule has 0 spiro atoms. The second-order valence-electron chi connectivity index (χ2n) is 9.93. The third-order valence-corrected chi connectivity index (χ3v) is 8.57. The van der Waals surface area contributed by atoms with Crippen molar-refractivity contribution in [2.75, 3.05) is 13.7 Å². The number of ether oxygens (including phenoxy) is 3. The average Bonchev–Trinajstić information content (AvgIpc) is 3.30. The number of fused-ring (bicyclic) bond motifs is 1. The van der Waals surface area contributed by atoms with Crippen LogP contribution in [0.15, 0.2) is 86.2 Å². The van der Waals surface area contributed by atoms with Crippen LogP contribution in [0.2, 0.25) is 0 Å². The van der Waals surface area contributed by atoms with Gasteiger partial charge in [0.15, 0.2) is 16.3 Å². The zero-order valence-electron chi connectivity index (χ0n) is 24.3. The maximum Gasteiger partial charge on any atom is 0.338 e. The number of hydrogen-bond donors (Lipinski definition) is 0. The molecular formula is C32H28BrN3O7S. The number of hydrogen-bond acceptors (Lipinski definition) is 9. The van der Waals surface area contributed by atoms with Gasteiger partial charge in [0.2, 0.25) is 0 Å². The van der Waals surface area contributed by atoms with Crippen molar-refractivity contribution in [3.05, 3.63) is 128 Å². The number of nitro groups is 1. The Balaban J connectivity index is 1.57. The molecule has 0 N–H and O–H groups in total. The largest absolute Gasteiger partial charge is 0.493 e. The summed E-state index contributed by atoms with van der Waals surface area (Å²) in [6.07, 6.45) is 1.71. The number of halogens is 1. The number of carbonyl (C=O) groups is 1. The first-order valence-electron chi connectivity index (χ1n) is 13.6. The monoisotopic (exact) mass is 677 g/mol. The molecule has 0 radical (unpaired) electrons. The highest BCUT2D eigenvalue weighted by Crippen LogP contribution is 2.34. The van der Waals surface area contributed by atoms with Gasteiger partial charge in [0, 0.05) is 16.1 Å². The van der Waals surface area contributed by atoms with Crippen molar-refractivity contribution in [1.82, 2.24) is 4.57 Å². The van der Waals surface area contributed by atoms with E-state index in [1.54, 1.807) is 58.2 Å². The molecule has 2 heterocycles. The molecule has 1 aliphatic rings. The predicted octanol–water partition coefficient (Wildman–Crippen LogP) is 5.37. The first kappa shape index (κ1) is 30.9. The number of nitrogens with zero attached hydrogens (tertiary/aromatic N) is 3. The molecule has 3 aromatic carbocycles. The van der Waals surface area contributed by atoms with Gasteiger partial charge in [-0.25, -0.2) is 9.79 Å². The lowest BCUT2D eigenvalue weighted by atomic mass is 9.94. The summed E-state index contributed by atoms with van der Waals surface area (Å²) in [5.74, 6) is 0.401. The quantitative estimate of drug-likeness (QED) is 0.133. The van der Waals surface area contributed by atoms with Crippen LogP contribution in [0.25, 0.3) is 6.08 Å². The molecule has 1 aliphatic heterocycles. The van der Waals surface area contributed by atoms with Crippen molar-refractivity contribution in [1.29, 1.82) is 0 Å². The molecule has 44 heavy (non-hydrogen) atoms. The van der Waals surface area contributed by atoms with Crippen molar-refractivity contribution in [3.8, 4) is 11.5 Å². The molecule has 0 saturated carbocycles. The third kappa shape index (κ3) is 6.22. The van der Waals surface area contributed by atoms with Gasteiger partial charge < -0.3 is 14.2 Å². The summed E-state index contributed by atoms with van der Waals surface area (Å²) in [5.41, 5.74) is 2.56. The van der Waals surface area contributed by atoms with Gasteiger partial charge in [-0.05, 0) is 67.8 Å². The zero-order chi connectivity index (χ0) is 31.5. The molecule has 4 aromatic rings. The Hall–Kier alpha value is -4.55. The minimum Gasteiger partial charge on any atom is -0.493 e. The van der Waals surface area contributed by atoms with E-state index in [1.165, 1.54) is 10.6 Å². The van der Waals surface area contributed by atoms with E-state index in [2.05, 4.69) is 20.9 Å². The minimum absolute atomic E-state index is 0.114. The van der Waals surface area contributed by atoms with Crippen molar-refractivity contribution >= 4 is 45.0 Å². The molecular weight excluding hydrogens is 650 g/mol. The molecule has 0 amide bonds. The number of allylic oxidation sites excluding steroid dienone is 1. The van der Waals surface area contributed by atoms with Crippen LogP contribution in [-0.2, 0) is 16.1 Å². The van der Waals surface area contributed by atoms with Crippen molar-refractivity contribution in [2.45, 2.75) is 33.4 Å².